The van der Waals surface area contributed by atoms with Gasteiger partial charge in [0.25, 0.3) is 0 Å². The van der Waals surface area contributed by atoms with Gasteiger partial charge in [-0.3, -0.25) is 4.90 Å². The molecule has 1 aromatic carbocycles. The summed E-state index contributed by atoms with van der Waals surface area (Å²) in [5.74, 6) is -0.427. The Balaban J connectivity index is 1.79. The van der Waals surface area contributed by atoms with E-state index >= 15 is 0 Å². The molecule has 1 atom stereocenters. The van der Waals surface area contributed by atoms with E-state index in [-0.39, 0.29) is 0 Å². The normalized spacial score (nSPS) is 22.3. The van der Waals surface area contributed by atoms with Gasteiger partial charge in [0.05, 0.1) is 23.4 Å². The lowest BCUT2D eigenvalue weighted by molar-refractivity contribution is 0.0602. The SMILES string of the molecule is COC(=O)c1cc(N)cc(Cl)c1NC1CCN(C2CC2)C1. The van der Waals surface area contributed by atoms with Crippen LogP contribution in [-0.4, -0.2) is 43.2 Å². The van der Waals surface area contributed by atoms with Gasteiger partial charge in [-0.25, -0.2) is 4.79 Å². The molecule has 6 heteroatoms. The van der Waals surface area contributed by atoms with Crippen LogP contribution >= 0.6 is 11.6 Å². The molecule has 0 bridgehead atoms. The van der Waals surface area contributed by atoms with Gasteiger partial charge in [0.2, 0.25) is 0 Å². The standard InChI is InChI=1S/C15H20ClN3O2/c1-21-15(20)12-6-9(17)7-13(16)14(12)18-10-4-5-19(8-10)11-2-3-11/h6-7,10-11,18H,2-5,8,17H2,1H3. The number of rotatable bonds is 4. The number of nitrogen functional groups attached to an aromatic ring is 1. The summed E-state index contributed by atoms with van der Waals surface area (Å²) < 4.78 is 4.82. The van der Waals surface area contributed by atoms with E-state index in [9.17, 15) is 4.79 Å². The summed E-state index contributed by atoms with van der Waals surface area (Å²) in [4.78, 5) is 14.4. The lowest BCUT2D eigenvalue weighted by atomic mass is 10.1. The van der Waals surface area contributed by atoms with E-state index in [1.54, 1.807) is 12.1 Å². The summed E-state index contributed by atoms with van der Waals surface area (Å²) in [6, 6.07) is 4.33. The van der Waals surface area contributed by atoms with Crippen LogP contribution in [0.2, 0.25) is 5.02 Å². The first-order valence-corrected chi connectivity index (χ1v) is 7.64. The van der Waals surface area contributed by atoms with Crippen molar-refractivity contribution in [1.82, 2.24) is 4.90 Å². The van der Waals surface area contributed by atoms with Crippen molar-refractivity contribution in [3.63, 3.8) is 0 Å². The molecule has 3 rings (SSSR count). The second kappa shape index (κ2) is 5.73. The Labute approximate surface area is 129 Å². The third kappa shape index (κ3) is 3.09. The highest BCUT2D eigenvalue weighted by atomic mass is 35.5. The molecule has 2 fully saturated rings. The lowest BCUT2D eigenvalue weighted by Gasteiger charge is -2.19. The largest absolute Gasteiger partial charge is 0.465 e. The average molecular weight is 310 g/mol. The summed E-state index contributed by atoms with van der Waals surface area (Å²) in [6.07, 6.45) is 3.67. The zero-order valence-corrected chi connectivity index (χ0v) is 12.8. The highest BCUT2D eigenvalue weighted by Crippen LogP contribution is 2.34. The Hall–Kier alpha value is -1.46. The van der Waals surface area contributed by atoms with E-state index in [4.69, 9.17) is 22.1 Å². The summed E-state index contributed by atoms with van der Waals surface area (Å²) in [6.45, 7) is 2.09. The van der Waals surface area contributed by atoms with E-state index in [1.165, 1.54) is 20.0 Å². The molecule has 114 valence electrons. The van der Waals surface area contributed by atoms with E-state index in [1.807, 2.05) is 0 Å². The van der Waals surface area contributed by atoms with Crippen LogP contribution in [-0.2, 0) is 4.74 Å². The van der Waals surface area contributed by atoms with Crippen LogP contribution in [0.1, 0.15) is 29.6 Å². The Morgan fingerprint density at radius 2 is 2.19 bits per heavy atom. The average Bonchev–Trinajstić information content (AvgIpc) is 3.20. The van der Waals surface area contributed by atoms with Gasteiger partial charge in [0, 0.05) is 30.9 Å². The van der Waals surface area contributed by atoms with Gasteiger partial charge < -0.3 is 15.8 Å². The van der Waals surface area contributed by atoms with Crippen molar-refractivity contribution >= 4 is 28.9 Å². The highest BCUT2D eigenvalue weighted by Gasteiger charge is 2.34. The molecule has 1 aliphatic heterocycles. The quantitative estimate of drug-likeness (QED) is 0.660. The fraction of sp³-hybridized carbons (Fsp3) is 0.533. The molecule has 1 aromatic rings. The fourth-order valence-corrected chi connectivity index (χ4v) is 3.21. The molecule has 1 saturated heterocycles. The Bertz CT molecular complexity index is 560. The van der Waals surface area contributed by atoms with Crippen LogP contribution in [0.4, 0.5) is 11.4 Å². The van der Waals surface area contributed by atoms with Gasteiger partial charge in [-0.2, -0.15) is 0 Å². The van der Waals surface area contributed by atoms with Crippen molar-refractivity contribution in [2.75, 3.05) is 31.2 Å². The number of carbonyl (C=O) groups excluding carboxylic acids is 1. The zero-order valence-electron chi connectivity index (χ0n) is 12.1. The van der Waals surface area contributed by atoms with E-state index in [0.29, 0.717) is 28.0 Å². The van der Waals surface area contributed by atoms with Gasteiger partial charge in [0.15, 0.2) is 0 Å². The molecule has 1 saturated carbocycles. The molecule has 5 nitrogen and oxygen atoms in total. The highest BCUT2D eigenvalue weighted by molar-refractivity contribution is 6.34. The first-order valence-electron chi connectivity index (χ1n) is 7.26. The van der Waals surface area contributed by atoms with Gasteiger partial charge in [0.1, 0.15) is 0 Å². The Morgan fingerprint density at radius 1 is 1.43 bits per heavy atom. The van der Waals surface area contributed by atoms with Crippen molar-refractivity contribution < 1.29 is 9.53 Å². The predicted molar refractivity (Wildman–Crippen MR) is 83.8 cm³/mol. The Kier molecular flexibility index (Phi) is 3.95. The molecular weight excluding hydrogens is 290 g/mol. The van der Waals surface area contributed by atoms with Crippen LogP contribution in [0, 0.1) is 0 Å². The number of carbonyl (C=O) groups is 1. The van der Waals surface area contributed by atoms with E-state index < -0.39 is 5.97 Å². The van der Waals surface area contributed by atoms with Crippen LogP contribution in [0.5, 0.6) is 0 Å². The molecule has 1 aliphatic carbocycles. The Morgan fingerprint density at radius 3 is 2.86 bits per heavy atom. The van der Waals surface area contributed by atoms with Gasteiger partial charge in [-0.15, -0.1) is 0 Å². The van der Waals surface area contributed by atoms with Crippen molar-refractivity contribution in [2.45, 2.75) is 31.3 Å². The number of methoxy groups -OCH3 is 1. The summed E-state index contributed by atoms with van der Waals surface area (Å²) in [7, 11) is 1.35. The molecule has 1 unspecified atom stereocenters. The van der Waals surface area contributed by atoms with Gasteiger partial charge in [-0.1, -0.05) is 11.6 Å². The van der Waals surface area contributed by atoms with Crippen LogP contribution in [0.15, 0.2) is 12.1 Å². The van der Waals surface area contributed by atoms with E-state index in [0.717, 1.165) is 25.6 Å². The number of nitrogens with two attached hydrogens (primary N) is 1. The fourth-order valence-electron chi connectivity index (χ4n) is 2.93. The smallest absolute Gasteiger partial charge is 0.340 e. The minimum Gasteiger partial charge on any atom is -0.465 e. The number of nitrogens with zero attached hydrogens (tertiary/aromatic N) is 1. The maximum Gasteiger partial charge on any atom is 0.340 e. The molecule has 1 heterocycles. The number of benzene rings is 1. The maximum absolute atomic E-state index is 11.9. The molecule has 0 spiro atoms. The maximum atomic E-state index is 11.9. The lowest BCUT2D eigenvalue weighted by Crippen LogP contribution is -2.28. The number of hydrogen-bond donors (Lipinski definition) is 2. The minimum atomic E-state index is -0.427. The first kappa shape index (κ1) is 14.5. The molecule has 0 amide bonds. The number of esters is 1. The molecule has 0 aromatic heterocycles. The number of likely N-dealkylation sites (tertiary alicyclic amines) is 1. The van der Waals surface area contributed by atoms with Gasteiger partial charge >= 0.3 is 5.97 Å². The number of ether oxygens (including phenoxy) is 1. The van der Waals surface area contributed by atoms with Crippen LogP contribution in [0.3, 0.4) is 0 Å². The topological polar surface area (TPSA) is 67.6 Å². The van der Waals surface area contributed by atoms with Crippen molar-refractivity contribution in [3.05, 3.63) is 22.7 Å². The summed E-state index contributed by atoms with van der Waals surface area (Å²) >= 11 is 6.26. The minimum absolute atomic E-state index is 0.301. The third-order valence-electron chi connectivity index (χ3n) is 4.15. The van der Waals surface area contributed by atoms with Crippen LogP contribution in [0.25, 0.3) is 0 Å². The monoisotopic (exact) mass is 309 g/mol. The number of hydrogen-bond acceptors (Lipinski definition) is 5. The number of nitrogens with one attached hydrogen (secondary N) is 1. The number of halogens is 1. The predicted octanol–water partition coefficient (Wildman–Crippen LogP) is 2.36. The molecule has 3 N–H and O–H groups in total. The third-order valence-corrected chi connectivity index (χ3v) is 4.45. The second-order valence-corrected chi connectivity index (χ2v) is 6.18. The molecule has 21 heavy (non-hydrogen) atoms. The van der Waals surface area contributed by atoms with E-state index in [2.05, 4.69) is 10.2 Å². The first-order chi connectivity index (χ1) is 10.1. The van der Waals surface area contributed by atoms with Crippen molar-refractivity contribution in [3.8, 4) is 0 Å². The zero-order chi connectivity index (χ0) is 15.0. The second-order valence-electron chi connectivity index (χ2n) is 5.77. The molecule has 2 aliphatic rings. The molecule has 0 radical (unpaired) electrons. The summed E-state index contributed by atoms with van der Waals surface area (Å²) in [5, 5.41) is 3.86. The van der Waals surface area contributed by atoms with Crippen LogP contribution < -0.4 is 11.1 Å². The van der Waals surface area contributed by atoms with Crippen molar-refractivity contribution in [2.24, 2.45) is 0 Å². The van der Waals surface area contributed by atoms with Gasteiger partial charge in [-0.05, 0) is 31.4 Å². The summed E-state index contributed by atoms with van der Waals surface area (Å²) in [5.41, 5.74) is 7.25. The molecular formula is C15H20ClN3O2. The number of anilines is 2. The van der Waals surface area contributed by atoms with Crippen molar-refractivity contribution in [1.29, 1.82) is 0 Å².